The van der Waals surface area contributed by atoms with E-state index in [1.807, 2.05) is 13.8 Å². The number of aryl methyl sites for hydroxylation is 1. The third kappa shape index (κ3) is 9.80. The number of unbranched alkanes of at least 4 members (excludes halogenated alkanes) is 2. The van der Waals surface area contributed by atoms with Crippen molar-refractivity contribution in [3.05, 3.63) is 77.9 Å². The van der Waals surface area contributed by atoms with Gasteiger partial charge in [-0.1, -0.05) is 43.2 Å². The summed E-state index contributed by atoms with van der Waals surface area (Å²) in [5.74, 6) is -0.782. The first-order valence-corrected chi connectivity index (χ1v) is 17.9. The molecular formula is C36H47N5O7S. The zero-order valence-electron chi connectivity index (χ0n) is 28.5. The number of carbonyl (C=O) groups is 3. The van der Waals surface area contributed by atoms with Crippen LogP contribution in [0.25, 0.3) is 0 Å². The number of nitrogens with one attached hydrogen (secondary N) is 2. The van der Waals surface area contributed by atoms with Crippen molar-refractivity contribution in [2.24, 2.45) is 5.92 Å². The Morgan fingerprint density at radius 3 is 2.33 bits per heavy atom. The predicted octanol–water partition coefficient (Wildman–Crippen LogP) is 4.65. The van der Waals surface area contributed by atoms with Crippen LogP contribution in [-0.2, 0) is 19.6 Å². The van der Waals surface area contributed by atoms with Gasteiger partial charge in [-0.2, -0.15) is 4.31 Å². The molecule has 0 fully saturated rings. The van der Waals surface area contributed by atoms with E-state index in [4.69, 9.17) is 10.5 Å². The van der Waals surface area contributed by atoms with Gasteiger partial charge in [0.1, 0.15) is 11.9 Å². The third-order valence-electron chi connectivity index (χ3n) is 8.66. The number of fused-ring (bicyclic) bond motifs is 1. The lowest BCUT2D eigenvalue weighted by molar-refractivity contribution is -0.116. The van der Waals surface area contributed by atoms with Gasteiger partial charge in [-0.25, -0.2) is 8.42 Å². The minimum absolute atomic E-state index is 0.0206. The molecular weight excluding hydrogens is 646 g/mol. The minimum Gasteiger partial charge on any atom is -0.488 e. The smallest absolute Gasteiger partial charge is 0.258 e. The van der Waals surface area contributed by atoms with Gasteiger partial charge in [-0.15, -0.1) is 0 Å². The number of hydrogen-bond donors (Lipinski definition) is 4. The molecule has 264 valence electrons. The summed E-state index contributed by atoms with van der Waals surface area (Å²) in [5, 5.41) is 15.6. The highest BCUT2D eigenvalue weighted by Crippen LogP contribution is 2.31. The predicted molar refractivity (Wildman–Crippen MR) is 190 cm³/mol. The fourth-order valence-electron chi connectivity index (χ4n) is 5.55. The van der Waals surface area contributed by atoms with Crippen LogP contribution in [0.1, 0.15) is 61.9 Å². The molecule has 3 aromatic rings. The molecule has 0 unspecified atom stereocenters. The number of hydrogen-bond acceptors (Lipinski definition) is 8. The number of aliphatic hydroxyl groups excluding tert-OH is 1. The lowest BCUT2D eigenvalue weighted by Crippen LogP contribution is -2.50. The molecule has 5 N–H and O–H groups in total. The van der Waals surface area contributed by atoms with Gasteiger partial charge in [0.25, 0.3) is 5.91 Å². The topological polar surface area (TPSA) is 171 Å². The number of amides is 3. The molecule has 3 atom stereocenters. The van der Waals surface area contributed by atoms with E-state index in [1.165, 1.54) is 11.4 Å². The van der Waals surface area contributed by atoms with Crippen molar-refractivity contribution in [3.8, 4) is 5.75 Å². The van der Waals surface area contributed by atoms with Crippen molar-refractivity contribution in [3.63, 3.8) is 0 Å². The van der Waals surface area contributed by atoms with Crippen molar-refractivity contribution < 1.29 is 32.6 Å². The first kappa shape index (κ1) is 37.4. The number of aliphatic hydroxyl groups is 1. The molecule has 12 nitrogen and oxygen atoms in total. The second-order valence-electron chi connectivity index (χ2n) is 12.7. The molecule has 0 saturated carbocycles. The van der Waals surface area contributed by atoms with E-state index in [0.29, 0.717) is 42.7 Å². The highest BCUT2D eigenvalue weighted by molar-refractivity contribution is 7.89. The van der Waals surface area contributed by atoms with E-state index in [1.54, 1.807) is 78.6 Å². The number of likely N-dealkylation sites (N-methyl/N-ethyl adjacent to an activating group) is 1. The van der Waals surface area contributed by atoms with Crippen LogP contribution in [0, 0.1) is 12.8 Å². The van der Waals surface area contributed by atoms with Crippen LogP contribution < -0.4 is 21.1 Å². The number of anilines is 3. The van der Waals surface area contributed by atoms with E-state index < -0.39 is 22.2 Å². The van der Waals surface area contributed by atoms with Crippen LogP contribution in [0.15, 0.2) is 71.6 Å². The van der Waals surface area contributed by atoms with Crippen molar-refractivity contribution in [2.75, 3.05) is 43.1 Å². The summed E-state index contributed by atoms with van der Waals surface area (Å²) in [5.41, 5.74) is 8.49. The van der Waals surface area contributed by atoms with E-state index in [-0.39, 0.29) is 66.0 Å². The highest BCUT2D eigenvalue weighted by atomic mass is 32.2. The lowest BCUT2D eigenvalue weighted by atomic mass is 9.99. The molecule has 0 bridgehead atoms. The zero-order valence-corrected chi connectivity index (χ0v) is 29.3. The minimum atomic E-state index is -3.81. The standard InChI is InChI=1S/C36H47N5O7S/c1-24-14-17-28(18-15-24)49(46,47)40(4)22-33-25(2)21-41(26(3)23-42)36(45)29-20-27(16-19-32(29)48-33)38-34(43)12-6-5-7-13-35(44)39-31-11-9-8-10-30(31)37/h8-11,14-20,25-26,33,42H,5-7,12-13,21-23,37H2,1-4H3,(H,38,43)(H,39,44)/t25-,26+,33+/m0/s1. The van der Waals surface area contributed by atoms with Gasteiger partial charge >= 0.3 is 0 Å². The Bertz CT molecular complexity index is 1730. The number of rotatable bonds is 14. The molecule has 3 amide bonds. The largest absolute Gasteiger partial charge is 0.488 e. The lowest BCUT2D eigenvalue weighted by Gasteiger charge is -2.38. The average molecular weight is 694 g/mol. The number of ether oxygens (including phenoxy) is 1. The summed E-state index contributed by atoms with van der Waals surface area (Å²) in [4.78, 5) is 40.6. The fourth-order valence-corrected chi connectivity index (χ4v) is 6.74. The van der Waals surface area contributed by atoms with Gasteiger partial charge in [-0.05, 0) is 69.2 Å². The number of carbonyl (C=O) groups excluding carboxylic acids is 3. The van der Waals surface area contributed by atoms with Crippen molar-refractivity contribution in [1.82, 2.24) is 9.21 Å². The maximum absolute atomic E-state index is 13.8. The monoisotopic (exact) mass is 693 g/mol. The maximum atomic E-state index is 13.8. The molecule has 1 aliphatic heterocycles. The van der Waals surface area contributed by atoms with Crippen molar-refractivity contribution in [1.29, 1.82) is 0 Å². The van der Waals surface area contributed by atoms with Crippen LogP contribution in [0.5, 0.6) is 5.75 Å². The van der Waals surface area contributed by atoms with Crippen LogP contribution in [0.3, 0.4) is 0 Å². The molecule has 49 heavy (non-hydrogen) atoms. The molecule has 0 radical (unpaired) electrons. The number of nitrogen functional groups attached to an aromatic ring is 1. The van der Waals surface area contributed by atoms with Gasteiger partial charge in [0.2, 0.25) is 21.8 Å². The maximum Gasteiger partial charge on any atom is 0.258 e. The molecule has 0 saturated heterocycles. The number of nitrogens with zero attached hydrogens (tertiary/aromatic N) is 2. The van der Waals surface area contributed by atoms with E-state index in [9.17, 15) is 27.9 Å². The molecule has 0 spiro atoms. The molecule has 0 aromatic heterocycles. The van der Waals surface area contributed by atoms with E-state index in [0.717, 1.165) is 5.56 Å². The zero-order chi connectivity index (χ0) is 35.7. The Balaban J connectivity index is 1.40. The summed E-state index contributed by atoms with van der Waals surface area (Å²) < 4.78 is 34.3. The SMILES string of the molecule is Cc1ccc(S(=O)(=O)N(C)C[C@H]2Oc3ccc(NC(=O)CCCCCC(=O)Nc4ccccc4N)cc3C(=O)N([C@H](C)CO)C[C@@H]2C)cc1. The van der Waals surface area contributed by atoms with Gasteiger partial charge in [0.15, 0.2) is 0 Å². The summed E-state index contributed by atoms with van der Waals surface area (Å²) >= 11 is 0. The Hall–Kier alpha value is -4.46. The number of sulfonamides is 1. The molecule has 1 aliphatic rings. The molecule has 1 heterocycles. The summed E-state index contributed by atoms with van der Waals surface area (Å²) in [7, 11) is -2.31. The fraction of sp³-hybridized carbons (Fsp3) is 0.417. The van der Waals surface area contributed by atoms with Gasteiger partial charge < -0.3 is 31.1 Å². The average Bonchev–Trinajstić information content (AvgIpc) is 3.07. The van der Waals surface area contributed by atoms with Crippen molar-refractivity contribution >= 4 is 44.8 Å². The van der Waals surface area contributed by atoms with Gasteiger partial charge in [-0.3, -0.25) is 14.4 Å². The number of para-hydroxylation sites is 2. The van der Waals surface area contributed by atoms with Gasteiger partial charge in [0, 0.05) is 38.0 Å². The Morgan fingerprint density at radius 1 is 1.02 bits per heavy atom. The Kier molecular flexibility index (Phi) is 12.8. The van der Waals surface area contributed by atoms with Gasteiger partial charge in [0.05, 0.1) is 41.0 Å². The second-order valence-corrected chi connectivity index (χ2v) is 14.7. The first-order valence-electron chi connectivity index (χ1n) is 16.5. The van der Waals surface area contributed by atoms with Crippen molar-refractivity contribution in [2.45, 2.75) is 69.9 Å². The Labute approximate surface area is 288 Å². The highest BCUT2D eigenvalue weighted by Gasteiger charge is 2.35. The van der Waals surface area contributed by atoms with Crippen LogP contribution >= 0.6 is 0 Å². The summed E-state index contributed by atoms with van der Waals surface area (Å²) in [6, 6.07) is 17.9. The molecule has 3 aromatic carbocycles. The number of benzene rings is 3. The summed E-state index contributed by atoms with van der Waals surface area (Å²) in [6.45, 7) is 5.48. The molecule has 0 aliphatic carbocycles. The molecule has 4 rings (SSSR count). The van der Waals surface area contributed by atoms with Crippen LogP contribution in [0.2, 0.25) is 0 Å². The Morgan fingerprint density at radius 2 is 1.67 bits per heavy atom. The molecule has 13 heteroatoms. The number of nitrogens with two attached hydrogens (primary N) is 1. The first-order chi connectivity index (χ1) is 23.3. The second kappa shape index (κ2) is 16.8. The third-order valence-corrected chi connectivity index (χ3v) is 10.5. The van der Waals surface area contributed by atoms with E-state index in [2.05, 4.69) is 10.6 Å². The van der Waals surface area contributed by atoms with E-state index >= 15 is 0 Å². The quantitative estimate of drug-likeness (QED) is 0.140. The van der Waals surface area contributed by atoms with Crippen LogP contribution in [-0.4, -0.2) is 79.3 Å². The van der Waals surface area contributed by atoms with Crippen LogP contribution in [0.4, 0.5) is 17.1 Å². The normalized spacial score (nSPS) is 17.0. The summed E-state index contributed by atoms with van der Waals surface area (Å²) in [6.07, 6.45) is 1.75.